The molecule has 2 rings (SSSR count). The largest absolute Gasteiger partial charge is 0.493 e. The Bertz CT molecular complexity index is 704. The molecule has 2 aromatic rings. The van der Waals surface area contributed by atoms with E-state index in [-0.39, 0.29) is 6.42 Å². The minimum atomic E-state index is -0.819. The van der Waals surface area contributed by atoms with E-state index in [4.69, 9.17) is 19.3 Å². The smallest absolute Gasteiger partial charge is 0.303 e. The predicted molar refractivity (Wildman–Crippen MR) is 95.9 cm³/mol. The first kappa shape index (κ1) is 18.6. The number of hydrogen-bond acceptors (Lipinski definition) is 4. The quantitative estimate of drug-likeness (QED) is 0.701. The van der Waals surface area contributed by atoms with E-state index in [9.17, 15) is 4.79 Å². The lowest BCUT2D eigenvalue weighted by atomic mass is 10.1. The summed E-state index contributed by atoms with van der Waals surface area (Å²) in [6, 6.07) is 11.5. The van der Waals surface area contributed by atoms with Gasteiger partial charge in [0.2, 0.25) is 0 Å². The molecule has 0 spiro atoms. The van der Waals surface area contributed by atoms with Crippen molar-refractivity contribution in [1.82, 2.24) is 0 Å². The van der Waals surface area contributed by atoms with Crippen molar-refractivity contribution in [3.63, 3.8) is 0 Å². The van der Waals surface area contributed by atoms with Gasteiger partial charge in [-0.05, 0) is 61.2 Å². The fourth-order valence-corrected chi connectivity index (χ4v) is 2.57. The van der Waals surface area contributed by atoms with Crippen LogP contribution in [0.3, 0.4) is 0 Å². The van der Waals surface area contributed by atoms with Crippen LogP contribution in [-0.4, -0.2) is 31.4 Å². The summed E-state index contributed by atoms with van der Waals surface area (Å²) in [6.07, 6.45) is 0.538. The maximum Gasteiger partial charge on any atom is 0.303 e. The molecule has 25 heavy (non-hydrogen) atoms. The number of aryl methyl sites for hydroxylation is 3. The third-order valence-electron chi connectivity index (χ3n) is 3.66. The molecule has 5 nitrogen and oxygen atoms in total. The van der Waals surface area contributed by atoms with Gasteiger partial charge in [-0.25, -0.2) is 0 Å². The number of carboxylic acid groups (broad SMARTS) is 1. The molecule has 0 aliphatic heterocycles. The van der Waals surface area contributed by atoms with Crippen molar-refractivity contribution in [1.29, 1.82) is 0 Å². The molecule has 0 saturated carbocycles. The third kappa shape index (κ3) is 6.03. The molecular formula is C20H24O5. The lowest BCUT2D eigenvalue weighted by Crippen LogP contribution is -2.10. The van der Waals surface area contributed by atoms with E-state index in [0.29, 0.717) is 31.1 Å². The van der Waals surface area contributed by atoms with Gasteiger partial charge in [-0.15, -0.1) is 0 Å². The Morgan fingerprint density at radius 2 is 1.64 bits per heavy atom. The molecule has 0 aromatic heterocycles. The van der Waals surface area contributed by atoms with Crippen LogP contribution in [0.5, 0.6) is 17.2 Å². The highest BCUT2D eigenvalue weighted by atomic mass is 16.5. The number of ether oxygens (including phenoxy) is 3. The standard InChI is InChI=1S/C20H24O5/c1-14-10-15(2)12-17(11-14)24-8-9-25-19-13-16(5-7-20(21)22)4-6-18(19)23-3/h4,6,10-13H,5,7-9H2,1-3H3,(H,21,22). The number of aliphatic carboxylic acids is 1. The lowest BCUT2D eigenvalue weighted by molar-refractivity contribution is -0.136. The van der Waals surface area contributed by atoms with Crippen LogP contribution >= 0.6 is 0 Å². The molecule has 0 aliphatic rings. The Kier molecular flexibility index (Phi) is 6.69. The van der Waals surface area contributed by atoms with Crippen LogP contribution in [0.1, 0.15) is 23.1 Å². The van der Waals surface area contributed by atoms with E-state index < -0.39 is 5.97 Å². The van der Waals surface area contributed by atoms with Gasteiger partial charge in [0, 0.05) is 6.42 Å². The lowest BCUT2D eigenvalue weighted by Gasteiger charge is -2.13. The molecule has 0 aliphatic carbocycles. The summed E-state index contributed by atoms with van der Waals surface area (Å²) in [6.45, 7) is 4.84. The predicted octanol–water partition coefficient (Wildman–Crippen LogP) is 3.79. The third-order valence-corrected chi connectivity index (χ3v) is 3.66. The fourth-order valence-electron chi connectivity index (χ4n) is 2.57. The van der Waals surface area contributed by atoms with E-state index >= 15 is 0 Å². The van der Waals surface area contributed by atoms with Crippen molar-refractivity contribution < 1.29 is 24.1 Å². The van der Waals surface area contributed by atoms with Crippen LogP contribution in [0.15, 0.2) is 36.4 Å². The van der Waals surface area contributed by atoms with Gasteiger partial charge in [0.05, 0.1) is 7.11 Å². The maximum atomic E-state index is 10.7. The summed E-state index contributed by atoms with van der Waals surface area (Å²) in [4.78, 5) is 10.7. The SMILES string of the molecule is COc1ccc(CCC(=O)O)cc1OCCOc1cc(C)cc(C)c1. The molecule has 0 unspecified atom stereocenters. The average molecular weight is 344 g/mol. The van der Waals surface area contributed by atoms with Gasteiger partial charge < -0.3 is 19.3 Å². The Morgan fingerprint density at radius 1 is 0.960 bits per heavy atom. The van der Waals surface area contributed by atoms with Gasteiger partial charge in [-0.2, -0.15) is 0 Å². The van der Waals surface area contributed by atoms with Crippen LogP contribution in [0.2, 0.25) is 0 Å². The second kappa shape index (κ2) is 8.97. The molecule has 0 radical (unpaired) electrons. The van der Waals surface area contributed by atoms with Crippen molar-refractivity contribution in [2.75, 3.05) is 20.3 Å². The average Bonchev–Trinajstić information content (AvgIpc) is 2.56. The number of rotatable bonds is 9. The molecule has 1 N–H and O–H groups in total. The number of hydrogen-bond donors (Lipinski definition) is 1. The number of methoxy groups -OCH3 is 1. The molecule has 134 valence electrons. The Labute approximate surface area is 148 Å². The molecule has 0 bridgehead atoms. The summed E-state index contributed by atoms with van der Waals surface area (Å²) < 4.78 is 16.8. The first-order valence-electron chi connectivity index (χ1n) is 8.20. The Hall–Kier alpha value is -2.69. The highest BCUT2D eigenvalue weighted by Crippen LogP contribution is 2.28. The van der Waals surface area contributed by atoms with Gasteiger partial charge in [-0.1, -0.05) is 12.1 Å². The Morgan fingerprint density at radius 3 is 2.28 bits per heavy atom. The fraction of sp³-hybridized carbons (Fsp3) is 0.350. The zero-order valence-electron chi connectivity index (χ0n) is 14.9. The molecule has 0 saturated heterocycles. The van der Waals surface area contributed by atoms with E-state index in [1.54, 1.807) is 13.2 Å². The zero-order valence-corrected chi connectivity index (χ0v) is 14.9. The minimum absolute atomic E-state index is 0.0849. The summed E-state index contributed by atoms with van der Waals surface area (Å²) >= 11 is 0. The van der Waals surface area contributed by atoms with Crippen LogP contribution in [-0.2, 0) is 11.2 Å². The molecular weight excluding hydrogens is 320 g/mol. The molecule has 0 fully saturated rings. The monoisotopic (exact) mass is 344 g/mol. The van der Waals surface area contributed by atoms with Gasteiger partial charge >= 0.3 is 5.97 Å². The molecule has 0 atom stereocenters. The highest BCUT2D eigenvalue weighted by Gasteiger charge is 2.08. The van der Waals surface area contributed by atoms with Crippen molar-refractivity contribution >= 4 is 5.97 Å². The second-order valence-electron chi connectivity index (χ2n) is 5.90. The van der Waals surface area contributed by atoms with Gasteiger partial charge in [0.25, 0.3) is 0 Å². The Balaban J connectivity index is 1.92. The van der Waals surface area contributed by atoms with Crippen LogP contribution in [0, 0.1) is 13.8 Å². The van der Waals surface area contributed by atoms with Gasteiger partial charge in [0.15, 0.2) is 11.5 Å². The summed E-state index contributed by atoms with van der Waals surface area (Å²) in [5.41, 5.74) is 3.21. The van der Waals surface area contributed by atoms with Crippen LogP contribution < -0.4 is 14.2 Å². The van der Waals surface area contributed by atoms with Crippen molar-refractivity contribution in [3.05, 3.63) is 53.1 Å². The first-order chi connectivity index (χ1) is 12.0. The topological polar surface area (TPSA) is 65.0 Å². The second-order valence-corrected chi connectivity index (χ2v) is 5.90. The summed E-state index contributed by atoms with van der Waals surface area (Å²) in [5.74, 6) is 1.21. The van der Waals surface area contributed by atoms with Gasteiger partial charge in [0.1, 0.15) is 19.0 Å². The normalized spacial score (nSPS) is 10.4. The van der Waals surface area contributed by atoms with Crippen LogP contribution in [0.25, 0.3) is 0 Å². The van der Waals surface area contributed by atoms with Crippen molar-refractivity contribution in [3.8, 4) is 17.2 Å². The number of benzene rings is 2. The van der Waals surface area contributed by atoms with E-state index in [1.165, 1.54) is 0 Å². The van der Waals surface area contributed by atoms with E-state index in [1.807, 2.05) is 38.1 Å². The maximum absolute atomic E-state index is 10.7. The van der Waals surface area contributed by atoms with Crippen LogP contribution in [0.4, 0.5) is 0 Å². The zero-order chi connectivity index (χ0) is 18.2. The van der Waals surface area contributed by atoms with E-state index in [0.717, 1.165) is 22.4 Å². The first-order valence-corrected chi connectivity index (χ1v) is 8.20. The molecule has 0 amide bonds. The number of carboxylic acids is 1. The van der Waals surface area contributed by atoms with Gasteiger partial charge in [-0.3, -0.25) is 4.79 Å². The molecule has 5 heteroatoms. The summed E-state index contributed by atoms with van der Waals surface area (Å²) in [7, 11) is 1.57. The van der Waals surface area contributed by atoms with Crippen molar-refractivity contribution in [2.45, 2.75) is 26.7 Å². The highest BCUT2D eigenvalue weighted by molar-refractivity contribution is 5.67. The number of carbonyl (C=O) groups is 1. The molecule has 2 aromatic carbocycles. The summed E-state index contributed by atoms with van der Waals surface area (Å²) in [5, 5.41) is 8.79. The van der Waals surface area contributed by atoms with E-state index in [2.05, 4.69) is 6.07 Å². The molecule has 0 heterocycles. The minimum Gasteiger partial charge on any atom is -0.493 e. The van der Waals surface area contributed by atoms with Crippen molar-refractivity contribution in [2.24, 2.45) is 0 Å².